The minimum absolute atomic E-state index is 0.127. The van der Waals surface area contributed by atoms with E-state index in [0.29, 0.717) is 0 Å². The maximum Gasteiger partial charge on any atom is 0.300 e. The van der Waals surface area contributed by atoms with E-state index in [9.17, 15) is 20.2 Å². The van der Waals surface area contributed by atoms with Gasteiger partial charge in [0, 0.05) is 17.7 Å². The van der Waals surface area contributed by atoms with Crippen molar-refractivity contribution in [1.82, 2.24) is 0 Å². The third kappa shape index (κ3) is 3.38. The van der Waals surface area contributed by atoms with Crippen molar-refractivity contribution < 1.29 is 9.85 Å². The first-order valence-electron chi connectivity index (χ1n) is 5.31. The number of nitrogens with one attached hydrogen (secondary N) is 1. The highest BCUT2D eigenvalue weighted by molar-refractivity contribution is 5.76. The van der Waals surface area contributed by atoms with Crippen LogP contribution in [0.25, 0.3) is 0 Å². The molecule has 1 aromatic carbocycles. The SMILES string of the molecule is CC(C)(C)Nc1c([N+](=O)[O-])cc(C#N)cc1[N+](=O)[O-]. The molecule has 100 valence electrons. The van der Waals surface area contributed by atoms with Crippen LogP contribution in [0.15, 0.2) is 12.1 Å². The summed E-state index contributed by atoms with van der Waals surface area (Å²) in [5, 5.41) is 33.5. The van der Waals surface area contributed by atoms with Gasteiger partial charge in [-0.3, -0.25) is 20.2 Å². The van der Waals surface area contributed by atoms with Gasteiger partial charge in [-0.15, -0.1) is 0 Å². The van der Waals surface area contributed by atoms with E-state index in [0.717, 1.165) is 12.1 Å². The molecule has 1 N–H and O–H groups in total. The quantitative estimate of drug-likeness (QED) is 0.661. The van der Waals surface area contributed by atoms with E-state index < -0.39 is 26.8 Å². The van der Waals surface area contributed by atoms with Crippen LogP contribution in [0.1, 0.15) is 26.3 Å². The molecule has 0 fully saturated rings. The Labute approximate surface area is 109 Å². The zero-order valence-corrected chi connectivity index (χ0v) is 10.6. The Morgan fingerprint density at radius 2 is 1.58 bits per heavy atom. The molecule has 0 bridgehead atoms. The summed E-state index contributed by atoms with van der Waals surface area (Å²) in [6.45, 7) is 5.16. The summed E-state index contributed by atoms with van der Waals surface area (Å²) in [6.07, 6.45) is 0. The Bertz CT molecular complexity index is 548. The second kappa shape index (κ2) is 4.89. The molecule has 8 heteroatoms. The van der Waals surface area contributed by atoms with Crippen molar-refractivity contribution >= 4 is 17.1 Å². The van der Waals surface area contributed by atoms with Crippen LogP contribution in [0, 0.1) is 31.6 Å². The summed E-state index contributed by atoms with van der Waals surface area (Å²) in [5.41, 5.74) is -1.88. The van der Waals surface area contributed by atoms with Crippen molar-refractivity contribution in [3.05, 3.63) is 37.9 Å². The lowest BCUT2D eigenvalue weighted by atomic mass is 10.1. The summed E-state index contributed by atoms with van der Waals surface area (Å²) in [7, 11) is 0. The van der Waals surface area contributed by atoms with E-state index in [1.807, 2.05) is 0 Å². The summed E-state index contributed by atoms with van der Waals surface area (Å²) < 4.78 is 0. The van der Waals surface area contributed by atoms with E-state index >= 15 is 0 Å². The topological polar surface area (TPSA) is 122 Å². The number of nitro groups is 2. The minimum Gasteiger partial charge on any atom is -0.369 e. The van der Waals surface area contributed by atoms with Gasteiger partial charge in [-0.05, 0) is 20.8 Å². The lowest BCUT2D eigenvalue weighted by Crippen LogP contribution is -2.27. The molecule has 0 aliphatic heterocycles. The second-order valence-corrected chi connectivity index (χ2v) is 4.89. The molecule has 0 radical (unpaired) electrons. The summed E-state index contributed by atoms with van der Waals surface area (Å²) in [6, 6.07) is 3.70. The van der Waals surface area contributed by atoms with Gasteiger partial charge in [-0.1, -0.05) is 0 Å². The maximum atomic E-state index is 11.0. The molecule has 0 aliphatic carbocycles. The van der Waals surface area contributed by atoms with Crippen LogP contribution >= 0.6 is 0 Å². The second-order valence-electron chi connectivity index (χ2n) is 4.89. The molecule has 0 unspecified atom stereocenters. The van der Waals surface area contributed by atoms with Gasteiger partial charge >= 0.3 is 11.4 Å². The summed E-state index contributed by atoms with van der Waals surface area (Å²) >= 11 is 0. The summed E-state index contributed by atoms with van der Waals surface area (Å²) in [4.78, 5) is 20.5. The molecule has 1 rings (SSSR count). The van der Waals surface area contributed by atoms with Gasteiger partial charge < -0.3 is 5.32 Å². The highest BCUT2D eigenvalue weighted by Gasteiger charge is 2.29. The molecule has 0 saturated heterocycles. The first kappa shape index (κ1) is 14.4. The Kier molecular flexibility index (Phi) is 3.70. The van der Waals surface area contributed by atoms with Crippen LogP contribution < -0.4 is 5.32 Å². The Hall–Kier alpha value is -2.69. The monoisotopic (exact) mass is 264 g/mol. The highest BCUT2D eigenvalue weighted by Crippen LogP contribution is 2.37. The molecule has 19 heavy (non-hydrogen) atoms. The van der Waals surface area contributed by atoms with Crippen LogP contribution in [-0.2, 0) is 0 Å². The first-order chi connectivity index (χ1) is 8.65. The van der Waals surface area contributed by atoms with Crippen molar-refractivity contribution in [2.45, 2.75) is 26.3 Å². The number of rotatable bonds is 3. The van der Waals surface area contributed by atoms with Crippen LogP contribution in [0.2, 0.25) is 0 Å². The molecule has 8 nitrogen and oxygen atoms in total. The molecular formula is C11H12N4O4. The number of nitriles is 1. The van der Waals surface area contributed by atoms with Crippen LogP contribution in [-0.4, -0.2) is 15.4 Å². The molecule has 0 aliphatic rings. The lowest BCUT2D eigenvalue weighted by molar-refractivity contribution is -0.392. The van der Waals surface area contributed by atoms with Crippen LogP contribution in [0.5, 0.6) is 0 Å². The van der Waals surface area contributed by atoms with Crippen molar-refractivity contribution in [1.29, 1.82) is 5.26 Å². The van der Waals surface area contributed by atoms with E-state index in [1.165, 1.54) is 0 Å². The number of hydrogen-bond donors (Lipinski definition) is 1. The first-order valence-corrected chi connectivity index (χ1v) is 5.31. The normalized spacial score (nSPS) is 10.6. The van der Waals surface area contributed by atoms with E-state index in [2.05, 4.69) is 5.32 Å². The van der Waals surface area contributed by atoms with Gasteiger partial charge in [0.25, 0.3) is 0 Å². The van der Waals surface area contributed by atoms with E-state index in [4.69, 9.17) is 5.26 Å². The zero-order valence-electron chi connectivity index (χ0n) is 10.6. The Morgan fingerprint density at radius 1 is 1.16 bits per heavy atom. The Balaban J connectivity index is 3.60. The average molecular weight is 264 g/mol. The predicted octanol–water partition coefficient (Wildman–Crippen LogP) is 2.59. The minimum atomic E-state index is -0.748. The Morgan fingerprint density at radius 3 is 1.84 bits per heavy atom. The highest BCUT2D eigenvalue weighted by atomic mass is 16.6. The molecule has 0 amide bonds. The van der Waals surface area contributed by atoms with Gasteiger partial charge in [-0.25, -0.2) is 0 Å². The third-order valence-corrected chi connectivity index (χ3v) is 2.12. The average Bonchev–Trinajstić information content (AvgIpc) is 2.26. The van der Waals surface area contributed by atoms with E-state index in [1.54, 1.807) is 26.8 Å². The number of hydrogen-bond acceptors (Lipinski definition) is 6. The molecule has 1 aromatic rings. The van der Waals surface area contributed by atoms with Gasteiger partial charge in [0.1, 0.15) is 0 Å². The maximum absolute atomic E-state index is 11.0. The van der Waals surface area contributed by atoms with Crippen LogP contribution in [0.4, 0.5) is 17.1 Å². The van der Waals surface area contributed by atoms with E-state index in [-0.39, 0.29) is 11.3 Å². The van der Waals surface area contributed by atoms with Crippen molar-refractivity contribution in [2.75, 3.05) is 5.32 Å². The zero-order chi connectivity index (χ0) is 14.8. The summed E-state index contributed by atoms with van der Waals surface area (Å²) in [5.74, 6) is 0. The molecule has 0 atom stereocenters. The molecule has 0 aromatic heterocycles. The fraction of sp³-hybridized carbons (Fsp3) is 0.364. The lowest BCUT2D eigenvalue weighted by Gasteiger charge is -2.21. The van der Waals surface area contributed by atoms with Crippen molar-refractivity contribution in [3.8, 4) is 6.07 Å². The standard InChI is InChI=1S/C11H12N4O4/c1-11(2,3)13-10-8(14(16)17)4-7(6-12)5-9(10)15(18)19/h4-5,13H,1-3H3. The van der Waals surface area contributed by atoms with Gasteiger partial charge in [0.15, 0.2) is 5.69 Å². The molecule has 0 heterocycles. The van der Waals surface area contributed by atoms with Crippen molar-refractivity contribution in [2.24, 2.45) is 0 Å². The van der Waals surface area contributed by atoms with Crippen LogP contribution in [0.3, 0.4) is 0 Å². The molecule has 0 spiro atoms. The third-order valence-electron chi connectivity index (χ3n) is 2.12. The van der Waals surface area contributed by atoms with Gasteiger partial charge in [0.2, 0.25) is 0 Å². The molecular weight excluding hydrogens is 252 g/mol. The number of nitro benzene ring substituents is 2. The predicted molar refractivity (Wildman–Crippen MR) is 67.8 cm³/mol. The van der Waals surface area contributed by atoms with Gasteiger partial charge in [-0.2, -0.15) is 5.26 Å². The van der Waals surface area contributed by atoms with Gasteiger partial charge in [0.05, 0.1) is 21.5 Å². The number of anilines is 1. The fourth-order valence-corrected chi connectivity index (χ4v) is 1.47. The smallest absolute Gasteiger partial charge is 0.300 e. The van der Waals surface area contributed by atoms with Crippen molar-refractivity contribution in [3.63, 3.8) is 0 Å². The number of nitrogens with zero attached hydrogens (tertiary/aromatic N) is 3. The largest absolute Gasteiger partial charge is 0.369 e. The molecule has 0 saturated carbocycles. The fourth-order valence-electron chi connectivity index (χ4n) is 1.47. The number of benzene rings is 1.